The van der Waals surface area contributed by atoms with Crippen molar-refractivity contribution in [3.63, 3.8) is 0 Å². The van der Waals surface area contributed by atoms with Crippen LogP contribution in [0.2, 0.25) is 0 Å². The molecule has 0 atom stereocenters. The molecule has 0 radical (unpaired) electrons. The summed E-state index contributed by atoms with van der Waals surface area (Å²) in [5, 5.41) is 3.36. The lowest BCUT2D eigenvalue weighted by Gasteiger charge is -2.55. The molecular formula is C28H26Br2N2O3. The van der Waals surface area contributed by atoms with Crippen LogP contribution in [-0.4, -0.2) is 21.6 Å². The molecule has 0 N–H and O–H groups in total. The first kappa shape index (κ1) is 24.3. The van der Waals surface area contributed by atoms with Gasteiger partial charge in [0.05, 0.1) is 0 Å². The van der Waals surface area contributed by atoms with Gasteiger partial charge in [0.1, 0.15) is 6.61 Å². The second kappa shape index (κ2) is 8.89. The molecule has 2 aliphatic rings. The first-order chi connectivity index (χ1) is 16.7. The van der Waals surface area contributed by atoms with Crippen molar-refractivity contribution in [2.24, 2.45) is 0 Å². The van der Waals surface area contributed by atoms with Gasteiger partial charge in [-0.05, 0) is 68.7 Å². The summed E-state index contributed by atoms with van der Waals surface area (Å²) in [5.41, 5.74) is 3.36. The molecule has 7 heteroatoms. The Balaban J connectivity index is 1.81. The molecule has 3 aromatic carbocycles. The van der Waals surface area contributed by atoms with E-state index < -0.39 is 11.3 Å². The Kier molecular flexibility index (Phi) is 6.16. The molecule has 0 saturated carbocycles. The van der Waals surface area contributed by atoms with Crippen molar-refractivity contribution in [3.05, 3.63) is 104 Å². The molecule has 0 aromatic heterocycles. The maximum atomic E-state index is 14.1. The number of carbonyl (C=O) groups excluding carboxylic acids is 1. The van der Waals surface area contributed by atoms with Crippen molar-refractivity contribution in [2.45, 2.75) is 45.6 Å². The third kappa shape index (κ3) is 3.76. The average molecular weight is 598 g/mol. The summed E-state index contributed by atoms with van der Waals surface area (Å²) in [6, 6.07) is 22.1. The number of hydrogen-bond acceptors (Lipinski definition) is 4. The first-order valence-electron chi connectivity index (χ1n) is 11.4. The molecule has 1 aliphatic heterocycles. The van der Waals surface area contributed by atoms with E-state index in [9.17, 15) is 4.79 Å². The summed E-state index contributed by atoms with van der Waals surface area (Å²) >= 11 is 7.31. The summed E-state index contributed by atoms with van der Waals surface area (Å²) in [5.74, 6) is -0.257. The summed E-state index contributed by atoms with van der Waals surface area (Å²) in [6.45, 7) is 7.73. The molecule has 0 bridgehead atoms. The number of carbonyl (C=O) groups is 1. The number of hydroxylamine groups is 4. The van der Waals surface area contributed by atoms with Gasteiger partial charge in [0.15, 0.2) is 5.60 Å². The molecule has 5 rings (SSSR count). The fourth-order valence-corrected chi connectivity index (χ4v) is 5.50. The van der Waals surface area contributed by atoms with E-state index in [2.05, 4.69) is 44.0 Å². The Morgan fingerprint density at radius 2 is 1.54 bits per heavy atom. The number of benzene rings is 3. The van der Waals surface area contributed by atoms with Gasteiger partial charge in [0.2, 0.25) is 5.66 Å². The Morgan fingerprint density at radius 1 is 0.971 bits per heavy atom. The van der Waals surface area contributed by atoms with Crippen molar-refractivity contribution in [1.29, 1.82) is 0 Å². The second-order valence-corrected chi connectivity index (χ2v) is 11.1. The lowest BCUT2D eigenvalue weighted by Crippen LogP contribution is -2.69. The summed E-state index contributed by atoms with van der Waals surface area (Å²) in [4.78, 5) is 27.1. The molecule has 1 saturated heterocycles. The van der Waals surface area contributed by atoms with Crippen LogP contribution in [0.1, 0.15) is 44.4 Å². The monoisotopic (exact) mass is 596 g/mol. The number of nitrogens with zero attached hydrogens (tertiary/aromatic N) is 2. The van der Waals surface area contributed by atoms with Crippen LogP contribution in [0.15, 0.2) is 87.4 Å². The van der Waals surface area contributed by atoms with E-state index in [1.807, 2.05) is 79.6 Å². The average Bonchev–Trinajstić information content (AvgIpc) is 3.11. The topological polar surface area (TPSA) is 42.0 Å². The van der Waals surface area contributed by atoms with Gasteiger partial charge in [0.25, 0.3) is 5.91 Å². The minimum atomic E-state index is -1.17. The molecule has 1 amide bonds. The van der Waals surface area contributed by atoms with Gasteiger partial charge in [0, 0.05) is 25.8 Å². The third-order valence-electron chi connectivity index (χ3n) is 6.55. The SMILES string of the molecule is C/C=C(\C)N1OC(C)(C)C(=O)N(OCc2ccccc2)C12c1cc(Br)ccc1-c1ccc(Br)cc12. The zero-order valence-electron chi connectivity index (χ0n) is 20.0. The fraction of sp³-hybridized carbons (Fsp3) is 0.250. The van der Waals surface area contributed by atoms with Crippen LogP contribution < -0.4 is 0 Å². The van der Waals surface area contributed by atoms with Crippen molar-refractivity contribution < 1.29 is 14.5 Å². The molecule has 1 spiro atoms. The van der Waals surface area contributed by atoms with Crippen LogP contribution in [0, 0.1) is 0 Å². The highest BCUT2D eigenvalue weighted by Gasteiger charge is 2.63. The highest BCUT2D eigenvalue weighted by molar-refractivity contribution is 9.10. The van der Waals surface area contributed by atoms with Crippen LogP contribution in [0.25, 0.3) is 11.1 Å². The van der Waals surface area contributed by atoms with E-state index in [-0.39, 0.29) is 12.5 Å². The number of allylic oxidation sites excluding steroid dienone is 2. The van der Waals surface area contributed by atoms with E-state index >= 15 is 0 Å². The van der Waals surface area contributed by atoms with Gasteiger partial charge in [-0.25, -0.2) is 5.06 Å². The largest absolute Gasteiger partial charge is 0.283 e. The van der Waals surface area contributed by atoms with E-state index in [0.29, 0.717) is 0 Å². The highest BCUT2D eigenvalue weighted by Crippen LogP contribution is 2.57. The number of halogens is 2. The Labute approximate surface area is 222 Å². The van der Waals surface area contributed by atoms with Gasteiger partial charge in [-0.15, -0.1) is 0 Å². The zero-order valence-corrected chi connectivity index (χ0v) is 23.2. The van der Waals surface area contributed by atoms with E-state index in [1.54, 1.807) is 13.8 Å². The van der Waals surface area contributed by atoms with Crippen molar-refractivity contribution >= 4 is 37.8 Å². The van der Waals surface area contributed by atoms with E-state index in [4.69, 9.17) is 9.68 Å². The number of hydrogen-bond donors (Lipinski definition) is 0. The standard InChI is InChI=1S/C28H26Br2N2O3/c1-5-18(2)31-28(24-15-20(29)11-13-22(24)23-14-12-21(30)16-25(23)28)32(26(33)27(3,4)35-31)34-17-19-9-7-6-8-10-19/h5-16H,17H2,1-4H3/b18-5+. The van der Waals surface area contributed by atoms with Crippen LogP contribution >= 0.6 is 31.9 Å². The quantitative estimate of drug-likeness (QED) is 0.316. The molecule has 5 nitrogen and oxygen atoms in total. The van der Waals surface area contributed by atoms with Crippen molar-refractivity contribution in [1.82, 2.24) is 10.1 Å². The fourth-order valence-electron chi connectivity index (χ4n) is 4.78. The van der Waals surface area contributed by atoms with Gasteiger partial charge >= 0.3 is 0 Å². The van der Waals surface area contributed by atoms with Crippen molar-refractivity contribution in [2.75, 3.05) is 0 Å². The summed E-state index contributed by atoms with van der Waals surface area (Å²) in [6.07, 6.45) is 1.98. The first-order valence-corrected chi connectivity index (χ1v) is 13.0. The van der Waals surface area contributed by atoms with E-state index in [0.717, 1.165) is 42.5 Å². The minimum absolute atomic E-state index is 0.236. The Bertz CT molecular complexity index is 1290. The number of fused-ring (bicyclic) bond motifs is 5. The maximum absolute atomic E-state index is 14.1. The Hall–Kier alpha value is -2.45. The predicted molar refractivity (Wildman–Crippen MR) is 143 cm³/mol. The van der Waals surface area contributed by atoms with Crippen LogP contribution in [0.3, 0.4) is 0 Å². The molecule has 3 aromatic rings. The molecule has 1 aliphatic carbocycles. The van der Waals surface area contributed by atoms with Gasteiger partial charge in [-0.3, -0.25) is 14.5 Å². The lowest BCUT2D eigenvalue weighted by atomic mass is 9.92. The minimum Gasteiger partial charge on any atom is -0.269 e. The van der Waals surface area contributed by atoms with Crippen LogP contribution in [-0.2, 0) is 26.7 Å². The van der Waals surface area contributed by atoms with Crippen LogP contribution in [0.5, 0.6) is 0 Å². The van der Waals surface area contributed by atoms with Crippen LogP contribution in [0.4, 0.5) is 0 Å². The second-order valence-electron chi connectivity index (χ2n) is 9.24. The number of rotatable bonds is 4. The molecule has 0 unspecified atom stereocenters. The predicted octanol–water partition coefficient (Wildman–Crippen LogP) is 7.30. The zero-order chi connectivity index (χ0) is 25.0. The molecule has 180 valence electrons. The smallest absolute Gasteiger partial charge is 0.269 e. The third-order valence-corrected chi connectivity index (χ3v) is 7.54. The normalized spacial score (nSPS) is 18.1. The van der Waals surface area contributed by atoms with Gasteiger partial charge in [-0.2, -0.15) is 5.06 Å². The van der Waals surface area contributed by atoms with E-state index in [1.165, 1.54) is 5.06 Å². The number of amides is 1. The van der Waals surface area contributed by atoms with Gasteiger partial charge in [-0.1, -0.05) is 80.4 Å². The lowest BCUT2D eigenvalue weighted by molar-refractivity contribution is -0.373. The summed E-state index contributed by atoms with van der Waals surface area (Å²) < 4.78 is 1.81. The summed E-state index contributed by atoms with van der Waals surface area (Å²) in [7, 11) is 0. The van der Waals surface area contributed by atoms with Crippen molar-refractivity contribution in [3.8, 4) is 11.1 Å². The maximum Gasteiger partial charge on any atom is 0.283 e. The molecule has 35 heavy (non-hydrogen) atoms. The molecular weight excluding hydrogens is 572 g/mol. The molecule has 1 fully saturated rings. The Morgan fingerprint density at radius 3 is 2.09 bits per heavy atom. The van der Waals surface area contributed by atoms with Gasteiger partial charge < -0.3 is 0 Å². The highest BCUT2D eigenvalue weighted by atomic mass is 79.9. The molecule has 1 heterocycles.